The molecule has 0 fully saturated rings. The number of esters is 1. The van der Waals surface area contributed by atoms with Crippen molar-refractivity contribution in [3.63, 3.8) is 0 Å². The third-order valence-electron chi connectivity index (χ3n) is 3.50. The highest BCUT2D eigenvalue weighted by molar-refractivity contribution is 5.81. The molecule has 0 aromatic carbocycles. The fourth-order valence-electron chi connectivity index (χ4n) is 1.98. The molecule has 0 atom stereocenters. The number of hydrogen-bond donors (Lipinski definition) is 1. The number of carbonyl (C=O) groups is 1. The summed E-state index contributed by atoms with van der Waals surface area (Å²) < 4.78 is 47.5. The van der Waals surface area contributed by atoms with Gasteiger partial charge in [-0.2, -0.15) is 0 Å². The predicted molar refractivity (Wildman–Crippen MR) is 117 cm³/mol. The Morgan fingerprint density at radius 1 is 0.500 bits per heavy atom. The van der Waals surface area contributed by atoms with Gasteiger partial charge in [0, 0.05) is 12.6 Å². The highest BCUT2D eigenvalue weighted by Gasteiger charge is 1.96. The van der Waals surface area contributed by atoms with E-state index in [9.17, 15) is 4.79 Å². The maximum Gasteiger partial charge on any atom is 0.330 e. The van der Waals surface area contributed by atoms with Gasteiger partial charge in [-0.05, 0) is 0 Å². The molecule has 0 aliphatic rings. The van der Waals surface area contributed by atoms with Crippen LogP contribution in [0.5, 0.6) is 0 Å². The Morgan fingerprint density at radius 2 is 0.750 bits per heavy atom. The van der Waals surface area contributed by atoms with Crippen molar-refractivity contribution in [2.24, 2.45) is 5.73 Å². The predicted octanol–water partition coefficient (Wildman–Crippen LogP) is -0.193. The summed E-state index contributed by atoms with van der Waals surface area (Å²) in [5.41, 5.74) is 5.31. The second-order valence-corrected chi connectivity index (χ2v) is 6.06. The second-order valence-electron chi connectivity index (χ2n) is 6.06. The summed E-state index contributed by atoms with van der Waals surface area (Å²) >= 11 is 0. The molecule has 0 aromatic heterocycles. The fourth-order valence-corrected chi connectivity index (χ4v) is 1.98. The van der Waals surface area contributed by atoms with Gasteiger partial charge >= 0.3 is 5.97 Å². The summed E-state index contributed by atoms with van der Waals surface area (Å²) in [5.74, 6) is -0.456. The molecule has 0 aromatic rings. The number of nitrogens with two attached hydrogens (primary N) is 1. The minimum Gasteiger partial charge on any atom is -0.460 e. The third kappa shape index (κ3) is 26.9. The molecule has 2 N–H and O–H groups in total. The molecule has 0 rings (SSSR count). The van der Waals surface area contributed by atoms with E-state index in [1.165, 1.54) is 0 Å². The van der Waals surface area contributed by atoms with Crippen LogP contribution >= 0.6 is 0 Å². The molecule has 0 bridgehead atoms. The van der Waals surface area contributed by atoms with Crippen LogP contribution < -0.4 is 5.73 Å². The van der Waals surface area contributed by atoms with Gasteiger partial charge in [0.05, 0.1) is 106 Å². The summed E-state index contributed by atoms with van der Waals surface area (Å²) in [5, 5.41) is 0. The molecule has 0 unspecified atom stereocenters. The first-order valence-corrected chi connectivity index (χ1v) is 10.9. The van der Waals surface area contributed by atoms with Crippen molar-refractivity contribution in [3.8, 4) is 0 Å². The molecule has 32 heavy (non-hydrogen) atoms. The van der Waals surface area contributed by atoms with Crippen LogP contribution in [0.2, 0.25) is 0 Å². The van der Waals surface area contributed by atoms with Gasteiger partial charge in [0.25, 0.3) is 0 Å². The molecule has 0 saturated carbocycles. The molecule has 11 heteroatoms. The first-order chi connectivity index (χ1) is 15.8. The van der Waals surface area contributed by atoms with Crippen molar-refractivity contribution < 1.29 is 47.4 Å². The Kier molecular flexibility index (Phi) is 26.9. The van der Waals surface area contributed by atoms with E-state index in [2.05, 4.69) is 6.58 Å². The highest BCUT2D eigenvalue weighted by atomic mass is 16.6. The zero-order chi connectivity index (χ0) is 23.4. The van der Waals surface area contributed by atoms with Gasteiger partial charge < -0.3 is 48.4 Å². The molecule has 0 radical (unpaired) electrons. The van der Waals surface area contributed by atoms with Crippen LogP contribution in [0.3, 0.4) is 0 Å². The molecule has 0 aliphatic carbocycles. The monoisotopic (exact) mass is 467 g/mol. The van der Waals surface area contributed by atoms with Crippen molar-refractivity contribution in [3.05, 3.63) is 12.7 Å². The Hall–Kier alpha value is -1.15. The van der Waals surface area contributed by atoms with Gasteiger partial charge in [0.2, 0.25) is 0 Å². The zero-order valence-electron chi connectivity index (χ0n) is 19.2. The van der Waals surface area contributed by atoms with Crippen LogP contribution in [0.25, 0.3) is 0 Å². The van der Waals surface area contributed by atoms with Crippen LogP contribution in [0.4, 0.5) is 0 Å². The van der Waals surface area contributed by atoms with E-state index in [-0.39, 0.29) is 6.61 Å². The highest BCUT2D eigenvalue weighted by Crippen LogP contribution is 1.86. The van der Waals surface area contributed by atoms with Crippen molar-refractivity contribution in [1.29, 1.82) is 0 Å². The Labute approximate surface area is 191 Å². The summed E-state index contributed by atoms with van der Waals surface area (Å²) in [6.07, 6.45) is 1.11. The van der Waals surface area contributed by atoms with Gasteiger partial charge in [-0.1, -0.05) is 6.58 Å². The van der Waals surface area contributed by atoms with E-state index >= 15 is 0 Å². The lowest BCUT2D eigenvalue weighted by Crippen LogP contribution is -2.15. The van der Waals surface area contributed by atoms with E-state index in [0.29, 0.717) is 112 Å². The van der Waals surface area contributed by atoms with Crippen LogP contribution in [0.15, 0.2) is 12.7 Å². The normalized spacial score (nSPS) is 11.0. The van der Waals surface area contributed by atoms with E-state index in [0.717, 1.165) is 6.08 Å². The first-order valence-electron chi connectivity index (χ1n) is 10.9. The summed E-state index contributed by atoms with van der Waals surface area (Å²) in [7, 11) is 0. The molecule has 0 amide bonds. The van der Waals surface area contributed by atoms with E-state index in [1.54, 1.807) is 0 Å². The lowest BCUT2D eigenvalue weighted by molar-refractivity contribution is -0.139. The van der Waals surface area contributed by atoms with E-state index < -0.39 is 5.97 Å². The van der Waals surface area contributed by atoms with Crippen LogP contribution in [0.1, 0.15) is 0 Å². The lowest BCUT2D eigenvalue weighted by Gasteiger charge is -2.08. The summed E-state index contributed by atoms with van der Waals surface area (Å²) in [6, 6.07) is 0. The standard InChI is InChI=1S/C21H41NO10/c1-2-21(23)32-20-19-31-18-17-30-16-15-29-14-13-28-12-11-27-10-9-26-8-7-25-6-5-24-4-3-22/h2H,1,3-20,22H2. The lowest BCUT2D eigenvalue weighted by atomic mass is 10.6. The van der Waals surface area contributed by atoms with Gasteiger partial charge in [0.15, 0.2) is 0 Å². The molecular formula is C21H41NO10. The van der Waals surface area contributed by atoms with Gasteiger partial charge in [-0.3, -0.25) is 0 Å². The minimum absolute atomic E-state index is 0.204. The van der Waals surface area contributed by atoms with Crippen molar-refractivity contribution in [2.45, 2.75) is 0 Å². The number of hydrogen-bond acceptors (Lipinski definition) is 11. The number of carbonyl (C=O) groups excluding carboxylic acids is 1. The minimum atomic E-state index is -0.456. The molecular weight excluding hydrogens is 426 g/mol. The molecule has 11 nitrogen and oxygen atoms in total. The number of rotatable bonds is 27. The van der Waals surface area contributed by atoms with E-state index in [4.69, 9.17) is 48.4 Å². The second kappa shape index (κ2) is 27.9. The third-order valence-corrected chi connectivity index (χ3v) is 3.50. The quantitative estimate of drug-likeness (QED) is 0.0981. The Morgan fingerprint density at radius 3 is 1.00 bits per heavy atom. The van der Waals surface area contributed by atoms with Gasteiger partial charge in [0.1, 0.15) is 6.61 Å². The molecule has 190 valence electrons. The van der Waals surface area contributed by atoms with Crippen LogP contribution in [0, 0.1) is 0 Å². The first kappa shape index (κ1) is 30.9. The van der Waals surface area contributed by atoms with Crippen molar-refractivity contribution in [1.82, 2.24) is 0 Å². The average Bonchev–Trinajstić information content (AvgIpc) is 2.81. The average molecular weight is 468 g/mol. The van der Waals surface area contributed by atoms with Crippen LogP contribution in [-0.4, -0.2) is 125 Å². The number of ether oxygens (including phenoxy) is 9. The maximum atomic E-state index is 10.8. The van der Waals surface area contributed by atoms with Crippen molar-refractivity contribution >= 4 is 5.97 Å². The van der Waals surface area contributed by atoms with E-state index in [1.807, 2.05) is 0 Å². The summed E-state index contributed by atoms with van der Waals surface area (Å²) in [6.45, 7) is 11.9. The van der Waals surface area contributed by atoms with Crippen molar-refractivity contribution in [2.75, 3.05) is 119 Å². The molecule has 0 heterocycles. The smallest absolute Gasteiger partial charge is 0.330 e. The Bertz CT molecular complexity index is 401. The Balaban J connectivity index is 3.02. The summed E-state index contributed by atoms with van der Waals surface area (Å²) in [4.78, 5) is 10.8. The fraction of sp³-hybridized carbons (Fsp3) is 0.857. The maximum absolute atomic E-state index is 10.8. The SMILES string of the molecule is C=CC(=O)OCCOCCOCCOCCOCCOCCOCCOCCOCCN. The van der Waals surface area contributed by atoms with Crippen LogP contribution in [-0.2, 0) is 47.4 Å². The van der Waals surface area contributed by atoms with Gasteiger partial charge in [-0.25, -0.2) is 4.79 Å². The largest absolute Gasteiger partial charge is 0.460 e. The molecule has 0 saturated heterocycles. The zero-order valence-corrected chi connectivity index (χ0v) is 19.2. The van der Waals surface area contributed by atoms with Gasteiger partial charge in [-0.15, -0.1) is 0 Å². The molecule has 0 spiro atoms. The molecule has 0 aliphatic heterocycles. The topological polar surface area (TPSA) is 126 Å².